The molecule has 0 aliphatic heterocycles. The van der Waals surface area contributed by atoms with Gasteiger partial charge in [-0.2, -0.15) is 0 Å². The number of aromatic hydroxyl groups is 1. The monoisotopic (exact) mass is 302 g/mol. The molecule has 4 heteroatoms. The Hall–Kier alpha value is -1.84. The SMILES string of the molecule is COc1ccc2c(c1O)C(=O)C[C@H]1C(C)(C)C(=O)CC[C@]21C. The van der Waals surface area contributed by atoms with Crippen LogP contribution in [0, 0.1) is 11.3 Å². The van der Waals surface area contributed by atoms with Crippen LogP contribution < -0.4 is 4.74 Å². The fraction of sp³-hybridized carbons (Fsp3) is 0.556. The lowest BCUT2D eigenvalue weighted by molar-refractivity contribution is -0.136. The van der Waals surface area contributed by atoms with Crippen LogP contribution in [0.5, 0.6) is 11.5 Å². The second-order valence-corrected chi connectivity index (χ2v) is 7.28. The molecule has 0 spiro atoms. The number of ether oxygens (including phenoxy) is 1. The Morgan fingerprint density at radius 3 is 2.55 bits per heavy atom. The molecule has 1 aromatic rings. The van der Waals surface area contributed by atoms with Gasteiger partial charge in [0.05, 0.1) is 12.7 Å². The topological polar surface area (TPSA) is 63.6 Å². The van der Waals surface area contributed by atoms with Gasteiger partial charge in [0.15, 0.2) is 17.3 Å². The van der Waals surface area contributed by atoms with E-state index in [0.717, 1.165) is 5.56 Å². The maximum Gasteiger partial charge on any atom is 0.168 e. The molecule has 0 aromatic heterocycles. The molecule has 1 aromatic carbocycles. The molecule has 0 unspecified atom stereocenters. The number of hydrogen-bond acceptors (Lipinski definition) is 4. The van der Waals surface area contributed by atoms with E-state index in [1.807, 2.05) is 19.9 Å². The van der Waals surface area contributed by atoms with Crippen LogP contribution in [0.3, 0.4) is 0 Å². The van der Waals surface area contributed by atoms with Crippen molar-refractivity contribution in [3.8, 4) is 11.5 Å². The highest BCUT2D eigenvalue weighted by Gasteiger charge is 2.55. The van der Waals surface area contributed by atoms with Crippen LogP contribution in [0.1, 0.15) is 56.0 Å². The Labute approximate surface area is 130 Å². The maximum atomic E-state index is 12.6. The third-order valence-electron chi connectivity index (χ3n) is 5.87. The normalized spacial score (nSPS) is 29.7. The van der Waals surface area contributed by atoms with Gasteiger partial charge in [-0.25, -0.2) is 0 Å². The standard InChI is InChI=1S/C18H22O4/c1-17(2)13-9-11(19)15-10(5-6-12(22-4)16(15)21)18(13,3)8-7-14(17)20/h5-6,13,21H,7-9H2,1-4H3/t13-,18+/m0/s1. The summed E-state index contributed by atoms with van der Waals surface area (Å²) in [6.45, 7) is 6.00. The molecule has 0 radical (unpaired) electrons. The van der Waals surface area contributed by atoms with E-state index in [2.05, 4.69) is 6.92 Å². The van der Waals surface area contributed by atoms with Crippen molar-refractivity contribution >= 4 is 11.6 Å². The summed E-state index contributed by atoms with van der Waals surface area (Å²) in [6.07, 6.45) is 1.52. The molecule has 0 saturated heterocycles. The zero-order chi connectivity index (χ0) is 16.3. The van der Waals surface area contributed by atoms with Gasteiger partial charge in [-0.3, -0.25) is 9.59 Å². The lowest BCUT2D eigenvalue weighted by Gasteiger charge is -2.52. The highest BCUT2D eigenvalue weighted by molar-refractivity contribution is 6.03. The average Bonchev–Trinajstić information content (AvgIpc) is 2.47. The largest absolute Gasteiger partial charge is 0.504 e. The predicted molar refractivity (Wildman–Crippen MR) is 82.5 cm³/mol. The van der Waals surface area contributed by atoms with Gasteiger partial charge in [0, 0.05) is 18.3 Å². The molecule has 3 rings (SSSR count). The van der Waals surface area contributed by atoms with Gasteiger partial charge >= 0.3 is 0 Å². The van der Waals surface area contributed by atoms with Gasteiger partial charge in [0.1, 0.15) is 5.78 Å². The number of phenols is 1. The van der Waals surface area contributed by atoms with Crippen molar-refractivity contribution in [1.29, 1.82) is 0 Å². The Morgan fingerprint density at radius 2 is 1.91 bits per heavy atom. The summed E-state index contributed by atoms with van der Waals surface area (Å²) in [4.78, 5) is 25.0. The van der Waals surface area contributed by atoms with Gasteiger partial charge in [0.25, 0.3) is 0 Å². The van der Waals surface area contributed by atoms with E-state index in [-0.39, 0.29) is 28.6 Å². The molecule has 0 bridgehead atoms. The molecular formula is C18H22O4. The van der Waals surface area contributed by atoms with Crippen LogP contribution in [-0.4, -0.2) is 23.8 Å². The third kappa shape index (κ3) is 1.76. The van der Waals surface area contributed by atoms with E-state index >= 15 is 0 Å². The molecule has 118 valence electrons. The highest BCUT2D eigenvalue weighted by atomic mass is 16.5. The molecule has 1 fully saturated rings. The first-order valence-electron chi connectivity index (χ1n) is 7.70. The summed E-state index contributed by atoms with van der Waals surface area (Å²) in [5.41, 5.74) is 0.441. The average molecular weight is 302 g/mol. The van der Waals surface area contributed by atoms with E-state index in [4.69, 9.17) is 4.74 Å². The maximum absolute atomic E-state index is 12.6. The Morgan fingerprint density at radius 1 is 1.23 bits per heavy atom. The number of Topliss-reactive ketones (excluding diaryl/α,β-unsaturated/α-hetero) is 2. The number of phenolic OH excluding ortho intramolecular Hbond substituents is 1. The van der Waals surface area contributed by atoms with Crippen molar-refractivity contribution in [2.75, 3.05) is 7.11 Å². The number of rotatable bonds is 1. The number of hydrogen-bond donors (Lipinski definition) is 1. The van der Waals surface area contributed by atoms with E-state index in [1.165, 1.54) is 7.11 Å². The fourth-order valence-electron chi connectivity index (χ4n) is 4.45. The Bertz CT molecular complexity index is 674. The lowest BCUT2D eigenvalue weighted by atomic mass is 9.49. The quantitative estimate of drug-likeness (QED) is 0.865. The molecule has 2 atom stereocenters. The zero-order valence-electron chi connectivity index (χ0n) is 13.5. The van der Waals surface area contributed by atoms with Gasteiger partial charge in [-0.1, -0.05) is 26.8 Å². The first-order valence-corrected chi connectivity index (χ1v) is 7.70. The zero-order valence-corrected chi connectivity index (χ0v) is 13.5. The minimum absolute atomic E-state index is 0.0333. The highest BCUT2D eigenvalue weighted by Crippen LogP contribution is 2.57. The number of carbonyl (C=O) groups is 2. The van der Waals surface area contributed by atoms with Crippen LogP contribution in [0.2, 0.25) is 0 Å². The molecule has 2 aliphatic carbocycles. The number of carbonyl (C=O) groups excluding carboxylic acids is 2. The molecule has 1 N–H and O–H groups in total. The van der Waals surface area contributed by atoms with Crippen molar-refractivity contribution in [2.24, 2.45) is 11.3 Å². The molecule has 0 heterocycles. The van der Waals surface area contributed by atoms with Crippen LogP contribution >= 0.6 is 0 Å². The summed E-state index contributed by atoms with van der Waals surface area (Å²) in [6, 6.07) is 3.59. The van der Waals surface area contributed by atoms with E-state index in [0.29, 0.717) is 30.6 Å². The van der Waals surface area contributed by atoms with Gasteiger partial charge in [-0.15, -0.1) is 0 Å². The summed E-state index contributed by atoms with van der Waals surface area (Å²) < 4.78 is 5.13. The smallest absolute Gasteiger partial charge is 0.168 e. The van der Waals surface area contributed by atoms with Crippen LogP contribution in [0.25, 0.3) is 0 Å². The summed E-state index contributed by atoms with van der Waals surface area (Å²) in [7, 11) is 1.47. The molecule has 2 aliphatic rings. The minimum atomic E-state index is -0.518. The van der Waals surface area contributed by atoms with Crippen LogP contribution in [-0.2, 0) is 10.2 Å². The molecule has 22 heavy (non-hydrogen) atoms. The predicted octanol–water partition coefficient (Wildman–Crippen LogP) is 3.25. The van der Waals surface area contributed by atoms with E-state index in [1.54, 1.807) is 6.07 Å². The first-order chi connectivity index (χ1) is 10.2. The van der Waals surface area contributed by atoms with Crippen molar-refractivity contribution in [1.82, 2.24) is 0 Å². The molecule has 1 saturated carbocycles. The van der Waals surface area contributed by atoms with Crippen molar-refractivity contribution in [3.05, 3.63) is 23.3 Å². The van der Waals surface area contributed by atoms with Gasteiger partial charge in [-0.05, 0) is 29.4 Å². The van der Waals surface area contributed by atoms with Gasteiger partial charge in [0.2, 0.25) is 0 Å². The summed E-state index contributed by atoms with van der Waals surface area (Å²) in [5.74, 6) is 0.342. The second-order valence-electron chi connectivity index (χ2n) is 7.28. The minimum Gasteiger partial charge on any atom is -0.504 e. The number of fused-ring (bicyclic) bond motifs is 3. The van der Waals surface area contributed by atoms with E-state index < -0.39 is 5.41 Å². The fourth-order valence-corrected chi connectivity index (χ4v) is 4.45. The Kier molecular flexibility index (Phi) is 3.13. The Balaban J connectivity index is 2.23. The van der Waals surface area contributed by atoms with Crippen molar-refractivity contribution in [3.63, 3.8) is 0 Å². The summed E-state index contributed by atoms with van der Waals surface area (Å²) in [5, 5.41) is 10.4. The number of methoxy groups -OCH3 is 1. The van der Waals surface area contributed by atoms with Crippen molar-refractivity contribution in [2.45, 2.75) is 45.4 Å². The molecular weight excluding hydrogens is 280 g/mol. The van der Waals surface area contributed by atoms with Crippen LogP contribution in [0.15, 0.2) is 12.1 Å². The summed E-state index contributed by atoms with van der Waals surface area (Å²) >= 11 is 0. The number of benzene rings is 1. The first kappa shape index (κ1) is 15.1. The number of ketones is 2. The van der Waals surface area contributed by atoms with Crippen LogP contribution in [0.4, 0.5) is 0 Å². The van der Waals surface area contributed by atoms with E-state index in [9.17, 15) is 14.7 Å². The van der Waals surface area contributed by atoms with Crippen molar-refractivity contribution < 1.29 is 19.4 Å². The molecule has 4 nitrogen and oxygen atoms in total. The lowest BCUT2D eigenvalue weighted by Crippen LogP contribution is -2.53. The third-order valence-corrected chi connectivity index (χ3v) is 5.87. The second kappa shape index (κ2) is 4.58. The molecule has 0 amide bonds. The van der Waals surface area contributed by atoms with Gasteiger partial charge < -0.3 is 9.84 Å².